The number of hydrogen-bond acceptors (Lipinski definition) is 0. The van der Waals surface area contributed by atoms with Gasteiger partial charge in [0.2, 0.25) is 0 Å². The second-order valence-electron chi connectivity index (χ2n) is 14.4. The van der Waals surface area contributed by atoms with Gasteiger partial charge in [0.25, 0.3) is 0 Å². The summed E-state index contributed by atoms with van der Waals surface area (Å²) in [5, 5.41) is 10.0. The van der Waals surface area contributed by atoms with Crippen molar-refractivity contribution in [2.24, 2.45) is 0 Å². The van der Waals surface area contributed by atoms with E-state index in [0.717, 1.165) is 0 Å². The van der Waals surface area contributed by atoms with Gasteiger partial charge in [-0.2, -0.15) is 0 Å². The number of rotatable bonds is 4. The monoisotopic (exact) mass is 670 g/mol. The van der Waals surface area contributed by atoms with Crippen molar-refractivity contribution in [1.29, 1.82) is 0 Å². The van der Waals surface area contributed by atoms with Crippen LogP contribution in [-0.4, -0.2) is 0 Å². The minimum Gasteiger partial charge on any atom is -0.0616 e. The normalized spacial score (nSPS) is 13.1. The Kier molecular flexibility index (Phi) is 6.57. The average molecular weight is 671 g/mol. The molecule has 0 saturated carbocycles. The molecule has 0 radical (unpaired) electrons. The van der Waals surface area contributed by atoms with Crippen molar-refractivity contribution in [1.82, 2.24) is 0 Å². The Labute approximate surface area is 309 Å². The van der Waals surface area contributed by atoms with Gasteiger partial charge in [-0.15, -0.1) is 0 Å². The van der Waals surface area contributed by atoms with E-state index in [9.17, 15) is 0 Å². The van der Waals surface area contributed by atoms with Gasteiger partial charge < -0.3 is 0 Å². The van der Waals surface area contributed by atoms with Crippen molar-refractivity contribution >= 4 is 43.1 Å². The molecule has 1 aliphatic rings. The highest BCUT2D eigenvalue weighted by Crippen LogP contribution is 2.58. The molecule has 0 amide bonds. The summed E-state index contributed by atoms with van der Waals surface area (Å²) in [6.07, 6.45) is 0. The zero-order valence-corrected chi connectivity index (χ0v) is 29.1. The summed E-state index contributed by atoms with van der Waals surface area (Å²) in [7, 11) is 0. The zero-order chi connectivity index (χ0) is 34.9. The highest BCUT2D eigenvalue weighted by Gasteiger charge is 2.47. The Bertz CT molecular complexity index is 2850. The fraction of sp³-hybridized carbons (Fsp3) is 0.0189. The van der Waals surface area contributed by atoms with Gasteiger partial charge in [-0.3, -0.25) is 0 Å². The average Bonchev–Trinajstić information content (AvgIpc) is 3.52. The van der Waals surface area contributed by atoms with Crippen LogP contribution in [0.4, 0.5) is 0 Å². The first-order valence-electron chi connectivity index (χ1n) is 18.5. The molecule has 1 aliphatic carbocycles. The van der Waals surface area contributed by atoms with Crippen LogP contribution >= 0.6 is 0 Å². The van der Waals surface area contributed by atoms with Crippen LogP contribution in [0.1, 0.15) is 22.3 Å². The maximum Gasteiger partial charge on any atom is 0.0714 e. The SMILES string of the molecule is c1ccc2cc(C3(c4ccc5ccccc5c4)c4cc(-c5cccc6ccccc56)ccc4-c4ccc(-c5cccc6ccccc56)cc43)ccc2c1. The van der Waals surface area contributed by atoms with Crippen molar-refractivity contribution in [3.8, 4) is 33.4 Å². The highest BCUT2D eigenvalue weighted by molar-refractivity contribution is 6.01. The third-order valence-electron chi connectivity index (χ3n) is 11.7. The number of fused-ring (bicyclic) bond motifs is 7. The molecule has 246 valence electrons. The lowest BCUT2D eigenvalue weighted by atomic mass is 9.66. The van der Waals surface area contributed by atoms with Crippen molar-refractivity contribution in [3.05, 3.63) is 229 Å². The number of hydrogen-bond donors (Lipinski definition) is 0. The van der Waals surface area contributed by atoms with Crippen molar-refractivity contribution in [2.75, 3.05) is 0 Å². The van der Waals surface area contributed by atoms with E-state index in [4.69, 9.17) is 0 Å². The quantitative estimate of drug-likeness (QED) is 0.175. The smallest absolute Gasteiger partial charge is 0.0616 e. The van der Waals surface area contributed by atoms with E-state index < -0.39 is 5.41 Å². The summed E-state index contributed by atoms with van der Waals surface area (Å²) in [5.41, 5.74) is 12.1. The summed E-state index contributed by atoms with van der Waals surface area (Å²) in [5.74, 6) is 0. The highest BCUT2D eigenvalue weighted by atomic mass is 14.5. The third kappa shape index (κ3) is 4.49. The Balaban J connectivity index is 1.27. The number of benzene rings is 10. The fourth-order valence-corrected chi connectivity index (χ4v) is 9.25. The zero-order valence-electron chi connectivity index (χ0n) is 29.1. The molecule has 10 aromatic carbocycles. The lowest BCUT2D eigenvalue weighted by Crippen LogP contribution is -2.28. The second-order valence-corrected chi connectivity index (χ2v) is 14.4. The summed E-state index contributed by atoms with van der Waals surface area (Å²) in [6.45, 7) is 0. The second kappa shape index (κ2) is 11.6. The van der Waals surface area contributed by atoms with Crippen LogP contribution in [0.15, 0.2) is 206 Å². The van der Waals surface area contributed by atoms with E-state index in [-0.39, 0.29) is 0 Å². The first-order valence-corrected chi connectivity index (χ1v) is 18.5. The standard InChI is InChI=1S/C53H34/c1-3-15-39-31-43(27-23-35(39)11-1)53(44-28-24-36-12-2-4-16-40(36)32-44)51-33-41(47-21-9-17-37-13-5-7-19-45(37)47)25-29-49(51)50-30-26-42(34-52(50)53)48-22-10-18-38-14-6-8-20-46(38)48/h1-34H. The molecule has 0 heterocycles. The molecule has 0 atom stereocenters. The van der Waals surface area contributed by atoms with Crippen LogP contribution in [0.2, 0.25) is 0 Å². The predicted molar refractivity (Wildman–Crippen MR) is 225 cm³/mol. The maximum absolute atomic E-state index is 2.50. The van der Waals surface area contributed by atoms with Crippen LogP contribution in [0.25, 0.3) is 76.5 Å². The van der Waals surface area contributed by atoms with E-state index in [1.165, 1.54) is 98.7 Å². The van der Waals surface area contributed by atoms with Crippen molar-refractivity contribution in [3.63, 3.8) is 0 Å². The Morgan fingerprint density at radius 1 is 0.245 bits per heavy atom. The topological polar surface area (TPSA) is 0 Å². The van der Waals surface area contributed by atoms with E-state index in [2.05, 4.69) is 206 Å². The summed E-state index contributed by atoms with van der Waals surface area (Å²) in [6, 6.07) is 77.1. The molecule has 10 aromatic rings. The molecule has 0 aliphatic heterocycles. The largest absolute Gasteiger partial charge is 0.0714 e. The molecule has 0 aromatic heterocycles. The molecule has 0 N–H and O–H groups in total. The van der Waals surface area contributed by atoms with E-state index in [1.54, 1.807) is 0 Å². The lowest BCUT2D eigenvalue weighted by Gasteiger charge is -2.35. The van der Waals surface area contributed by atoms with Gasteiger partial charge in [0.15, 0.2) is 0 Å². The maximum atomic E-state index is 2.50. The van der Waals surface area contributed by atoms with Gasteiger partial charge in [-0.1, -0.05) is 182 Å². The molecule has 0 unspecified atom stereocenters. The Morgan fingerprint density at radius 3 is 1.11 bits per heavy atom. The van der Waals surface area contributed by atoms with Crippen LogP contribution in [0.3, 0.4) is 0 Å². The van der Waals surface area contributed by atoms with Crippen LogP contribution in [0.5, 0.6) is 0 Å². The molecule has 0 fully saturated rings. The van der Waals surface area contributed by atoms with E-state index >= 15 is 0 Å². The van der Waals surface area contributed by atoms with Crippen LogP contribution < -0.4 is 0 Å². The van der Waals surface area contributed by atoms with Crippen molar-refractivity contribution < 1.29 is 0 Å². The predicted octanol–water partition coefficient (Wildman–Crippen LogP) is 14.0. The summed E-state index contributed by atoms with van der Waals surface area (Å²) in [4.78, 5) is 0. The molecule has 11 rings (SSSR count). The van der Waals surface area contributed by atoms with Crippen LogP contribution in [0, 0.1) is 0 Å². The van der Waals surface area contributed by atoms with Gasteiger partial charge in [0, 0.05) is 0 Å². The fourth-order valence-electron chi connectivity index (χ4n) is 9.25. The molecule has 0 nitrogen and oxygen atoms in total. The first kappa shape index (κ1) is 29.9. The first-order chi connectivity index (χ1) is 26.3. The van der Waals surface area contributed by atoms with Crippen LogP contribution in [-0.2, 0) is 5.41 Å². The van der Waals surface area contributed by atoms with Gasteiger partial charge in [0.1, 0.15) is 0 Å². The summed E-state index contributed by atoms with van der Waals surface area (Å²) >= 11 is 0. The minimum atomic E-state index is -0.583. The van der Waals surface area contributed by atoms with Crippen molar-refractivity contribution in [2.45, 2.75) is 5.41 Å². The molecule has 0 heteroatoms. The van der Waals surface area contributed by atoms with Gasteiger partial charge in [-0.25, -0.2) is 0 Å². The minimum absolute atomic E-state index is 0.583. The van der Waals surface area contributed by atoms with Gasteiger partial charge >= 0.3 is 0 Å². The molecular formula is C53H34. The molecule has 53 heavy (non-hydrogen) atoms. The van der Waals surface area contributed by atoms with Gasteiger partial charge in [0.05, 0.1) is 5.41 Å². The molecule has 0 saturated heterocycles. The lowest BCUT2D eigenvalue weighted by molar-refractivity contribution is 0.772. The third-order valence-corrected chi connectivity index (χ3v) is 11.7. The van der Waals surface area contributed by atoms with Gasteiger partial charge in [-0.05, 0) is 123 Å². The molecular weight excluding hydrogens is 637 g/mol. The molecule has 0 spiro atoms. The van der Waals surface area contributed by atoms with E-state index in [0.29, 0.717) is 0 Å². The summed E-state index contributed by atoms with van der Waals surface area (Å²) < 4.78 is 0. The Hall–Kier alpha value is -6.76. The molecule has 0 bridgehead atoms. The van der Waals surface area contributed by atoms with E-state index in [1.807, 2.05) is 0 Å². The Morgan fingerprint density at radius 2 is 0.642 bits per heavy atom.